The molecule has 24 heavy (non-hydrogen) atoms. The molecule has 3 saturated heterocycles. The van der Waals surface area contributed by atoms with Crippen molar-refractivity contribution in [1.29, 1.82) is 0 Å². The van der Waals surface area contributed by atoms with Crippen molar-refractivity contribution >= 4 is 23.1 Å². The first-order valence-corrected chi connectivity index (χ1v) is 9.50. The highest BCUT2D eigenvalue weighted by Crippen LogP contribution is 2.31. The first kappa shape index (κ1) is 15.7. The molecule has 126 valence electrons. The number of nitrogens with zero attached hydrogens (tertiary/aromatic N) is 2. The standard InChI is InChI=1S/C19H22N2O2S/c22-19(23-18-13-20-9-6-16(18)7-10-20)21(17-8-11-24-14-17)12-15-4-2-1-3-5-15/h1-5,8,11,14,16,18H,6-7,9-10,12-13H2/t18-/m0/s1. The Morgan fingerprint density at radius 3 is 2.62 bits per heavy atom. The second-order valence-electron chi connectivity index (χ2n) is 6.61. The minimum absolute atomic E-state index is 0.0388. The molecule has 2 aromatic rings. The van der Waals surface area contributed by atoms with Gasteiger partial charge in [-0.25, -0.2) is 4.79 Å². The Morgan fingerprint density at radius 1 is 1.21 bits per heavy atom. The molecule has 0 radical (unpaired) electrons. The topological polar surface area (TPSA) is 32.8 Å². The number of anilines is 1. The van der Waals surface area contributed by atoms with Gasteiger partial charge in [-0.2, -0.15) is 11.3 Å². The van der Waals surface area contributed by atoms with Crippen molar-refractivity contribution in [2.75, 3.05) is 24.5 Å². The molecule has 5 heteroatoms. The van der Waals surface area contributed by atoms with Crippen LogP contribution in [0.5, 0.6) is 0 Å². The van der Waals surface area contributed by atoms with E-state index >= 15 is 0 Å². The van der Waals surface area contributed by atoms with E-state index in [2.05, 4.69) is 4.90 Å². The van der Waals surface area contributed by atoms with E-state index in [-0.39, 0.29) is 12.2 Å². The lowest BCUT2D eigenvalue weighted by atomic mass is 9.86. The fourth-order valence-corrected chi connectivity index (χ4v) is 4.32. The van der Waals surface area contributed by atoms with Crippen LogP contribution in [0.25, 0.3) is 0 Å². The highest BCUT2D eigenvalue weighted by Gasteiger charge is 2.37. The second-order valence-corrected chi connectivity index (χ2v) is 7.39. The lowest BCUT2D eigenvalue weighted by Crippen LogP contribution is -2.53. The summed E-state index contributed by atoms with van der Waals surface area (Å²) in [6.45, 7) is 3.73. The van der Waals surface area contributed by atoms with Crippen molar-refractivity contribution in [2.24, 2.45) is 5.92 Å². The number of piperidine rings is 3. The van der Waals surface area contributed by atoms with Crippen LogP contribution < -0.4 is 4.90 Å². The Labute approximate surface area is 146 Å². The van der Waals surface area contributed by atoms with E-state index in [0.717, 1.165) is 43.7 Å². The van der Waals surface area contributed by atoms with Gasteiger partial charge in [-0.1, -0.05) is 30.3 Å². The van der Waals surface area contributed by atoms with Gasteiger partial charge < -0.3 is 4.74 Å². The van der Waals surface area contributed by atoms with Gasteiger partial charge in [0.15, 0.2) is 0 Å². The average Bonchev–Trinajstić information content (AvgIpc) is 3.16. The summed E-state index contributed by atoms with van der Waals surface area (Å²) in [5.74, 6) is 0.528. The Balaban J connectivity index is 1.49. The maximum atomic E-state index is 12.9. The van der Waals surface area contributed by atoms with Gasteiger partial charge in [0, 0.05) is 11.9 Å². The van der Waals surface area contributed by atoms with Crippen molar-refractivity contribution in [2.45, 2.75) is 25.5 Å². The van der Waals surface area contributed by atoms with Crippen LogP contribution in [0.3, 0.4) is 0 Å². The quantitative estimate of drug-likeness (QED) is 0.842. The zero-order chi connectivity index (χ0) is 16.4. The molecule has 0 aliphatic carbocycles. The van der Waals surface area contributed by atoms with E-state index in [1.54, 1.807) is 16.2 Å². The minimum Gasteiger partial charge on any atom is -0.444 e. The predicted molar refractivity (Wildman–Crippen MR) is 96.4 cm³/mol. The summed E-state index contributed by atoms with van der Waals surface area (Å²) < 4.78 is 5.93. The monoisotopic (exact) mass is 342 g/mol. The van der Waals surface area contributed by atoms with Crippen molar-refractivity contribution in [3.63, 3.8) is 0 Å². The van der Waals surface area contributed by atoms with Crippen LogP contribution in [-0.4, -0.2) is 36.7 Å². The van der Waals surface area contributed by atoms with E-state index in [9.17, 15) is 4.79 Å². The smallest absolute Gasteiger partial charge is 0.414 e. The first-order valence-electron chi connectivity index (χ1n) is 8.56. The summed E-state index contributed by atoms with van der Waals surface area (Å²) in [5, 5.41) is 4.00. The third kappa shape index (κ3) is 3.32. The number of fused-ring (bicyclic) bond motifs is 3. The number of thiophene rings is 1. The molecule has 3 aliphatic heterocycles. The van der Waals surface area contributed by atoms with Crippen molar-refractivity contribution < 1.29 is 9.53 Å². The van der Waals surface area contributed by atoms with E-state index in [1.165, 1.54) is 0 Å². The van der Waals surface area contributed by atoms with Crippen LogP contribution in [0.2, 0.25) is 0 Å². The molecule has 0 spiro atoms. The second kappa shape index (κ2) is 6.95. The number of carbonyl (C=O) groups excluding carboxylic acids is 1. The van der Waals surface area contributed by atoms with Crippen LogP contribution in [0, 0.1) is 5.92 Å². The first-order chi connectivity index (χ1) is 11.8. The Bertz CT molecular complexity index is 666. The molecule has 5 rings (SSSR count). The lowest BCUT2D eigenvalue weighted by Gasteiger charge is -2.44. The maximum absolute atomic E-state index is 12.9. The average molecular weight is 342 g/mol. The molecule has 1 amide bonds. The maximum Gasteiger partial charge on any atom is 0.414 e. The van der Waals surface area contributed by atoms with Gasteiger partial charge in [-0.3, -0.25) is 9.80 Å². The molecule has 0 N–H and O–H groups in total. The SMILES string of the molecule is O=C(O[C@H]1CN2CCC1CC2)N(Cc1ccccc1)c1ccsc1. The van der Waals surface area contributed by atoms with E-state index in [4.69, 9.17) is 4.74 Å². The molecular weight excluding hydrogens is 320 g/mol. The molecule has 4 nitrogen and oxygen atoms in total. The number of ether oxygens (including phenoxy) is 1. The van der Waals surface area contributed by atoms with Crippen molar-refractivity contribution in [1.82, 2.24) is 4.90 Å². The predicted octanol–water partition coefficient (Wildman–Crippen LogP) is 3.99. The highest BCUT2D eigenvalue weighted by molar-refractivity contribution is 7.08. The number of rotatable bonds is 4. The summed E-state index contributed by atoms with van der Waals surface area (Å²) in [6.07, 6.45) is 2.11. The van der Waals surface area contributed by atoms with Gasteiger partial charge in [0.2, 0.25) is 0 Å². The van der Waals surface area contributed by atoms with Gasteiger partial charge in [-0.15, -0.1) is 0 Å². The van der Waals surface area contributed by atoms with Crippen LogP contribution in [-0.2, 0) is 11.3 Å². The van der Waals surface area contributed by atoms with Crippen LogP contribution in [0.4, 0.5) is 10.5 Å². The molecule has 0 saturated carbocycles. The lowest BCUT2D eigenvalue weighted by molar-refractivity contribution is -0.0311. The Kier molecular flexibility index (Phi) is 4.54. The number of benzene rings is 1. The Morgan fingerprint density at radius 2 is 2.00 bits per heavy atom. The number of amides is 1. The van der Waals surface area contributed by atoms with Gasteiger partial charge in [0.25, 0.3) is 0 Å². The van der Waals surface area contributed by atoms with Crippen LogP contribution in [0.1, 0.15) is 18.4 Å². The highest BCUT2D eigenvalue weighted by atomic mass is 32.1. The fraction of sp³-hybridized carbons (Fsp3) is 0.421. The van der Waals surface area contributed by atoms with Crippen LogP contribution in [0.15, 0.2) is 47.2 Å². The molecule has 1 aromatic carbocycles. The number of hydrogen-bond donors (Lipinski definition) is 0. The van der Waals surface area contributed by atoms with Gasteiger partial charge in [0.1, 0.15) is 6.10 Å². The molecule has 2 bridgehead atoms. The zero-order valence-corrected chi connectivity index (χ0v) is 14.5. The van der Waals surface area contributed by atoms with Gasteiger partial charge in [0.05, 0.1) is 12.2 Å². The number of carbonyl (C=O) groups is 1. The Hall–Kier alpha value is -1.85. The summed E-state index contributed by atoms with van der Waals surface area (Å²) in [5.41, 5.74) is 2.02. The summed E-state index contributed by atoms with van der Waals surface area (Å²) >= 11 is 1.60. The molecule has 1 atom stereocenters. The van der Waals surface area contributed by atoms with Crippen LogP contribution >= 0.6 is 11.3 Å². The molecule has 3 fully saturated rings. The summed E-state index contributed by atoms with van der Waals surface area (Å²) in [7, 11) is 0. The van der Waals surface area contributed by atoms with E-state index in [1.807, 2.05) is 47.2 Å². The molecule has 0 unspecified atom stereocenters. The van der Waals surface area contributed by atoms with Crippen molar-refractivity contribution in [3.05, 3.63) is 52.7 Å². The van der Waals surface area contributed by atoms with E-state index < -0.39 is 0 Å². The molecule has 3 aliphatic rings. The number of hydrogen-bond acceptors (Lipinski definition) is 4. The normalized spacial score (nSPS) is 25.4. The van der Waals surface area contributed by atoms with E-state index in [0.29, 0.717) is 12.5 Å². The largest absolute Gasteiger partial charge is 0.444 e. The molecular formula is C19H22N2O2S. The van der Waals surface area contributed by atoms with Gasteiger partial charge in [-0.05, 0) is 48.9 Å². The fourth-order valence-electron chi connectivity index (χ4n) is 3.68. The minimum atomic E-state index is -0.226. The van der Waals surface area contributed by atoms with Crippen molar-refractivity contribution in [3.8, 4) is 0 Å². The third-order valence-corrected chi connectivity index (χ3v) is 5.74. The summed E-state index contributed by atoms with van der Waals surface area (Å²) in [6, 6.07) is 12.1. The zero-order valence-electron chi connectivity index (χ0n) is 13.6. The molecule has 4 heterocycles. The molecule has 1 aromatic heterocycles. The summed E-state index contributed by atoms with van der Waals surface area (Å²) in [4.78, 5) is 17.0. The van der Waals surface area contributed by atoms with Gasteiger partial charge >= 0.3 is 6.09 Å². The third-order valence-electron chi connectivity index (χ3n) is 5.07.